The van der Waals surface area contributed by atoms with Crippen molar-refractivity contribution in [3.63, 3.8) is 0 Å². The standard InChI is InChI=1S/C26H30FN3O5/c1-32-20-7-8-21(24(15-20)33-2)22-16-23(18-3-5-19(27)6-4-18)30(28-22)25(31)17-29-11-9-26(10-12-29)34-13-14-35-26/h3-8,15,23H,9-14,16-17H2,1-2H3. The molecule has 3 aliphatic rings. The lowest BCUT2D eigenvalue weighted by molar-refractivity contribution is -0.186. The van der Waals surface area contributed by atoms with Gasteiger partial charge in [-0.3, -0.25) is 9.69 Å². The fourth-order valence-electron chi connectivity index (χ4n) is 4.99. The maximum Gasteiger partial charge on any atom is 0.257 e. The van der Waals surface area contributed by atoms with Crippen molar-refractivity contribution in [3.8, 4) is 11.5 Å². The Bertz CT molecular complexity index is 1090. The fraction of sp³-hybridized carbons (Fsp3) is 0.462. The van der Waals surface area contributed by atoms with Gasteiger partial charge in [0.05, 0.1) is 45.7 Å². The molecule has 8 nitrogen and oxygen atoms in total. The van der Waals surface area contributed by atoms with E-state index in [4.69, 9.17) is 24.0 Å². The molecule has 5 rings (SSSR count). The summed E-state index contributed by atoms with van der Waals surface area (Å²) in [4.78, 5) is 15.6. The van der Waals surface area contributed by atoms with Crippen LogP contribution >= 0.6 is 0 Å². The van der Waals surface area contributed by atoms with E-state index >= 15 is 0 Å². The first kappa shape index (κ1) is 23.7. The zero-order valence-corrected chi connectivity index (χ0v) is 20.0. The first-order chi connectivity index (χ1) is 17.0. The molecule has 1 spiro atoms. The largest absolute Gasteiger partial charge is 0.497 e. The average molecular weight is 484 g/mol. The van der Waals surface area contributed by atoms with Gasteiger partial charge in [-0.25, -0.2) is 9.40 Å². The van der Waals surface area contributed by atoms with Crippen LogP contribution in [0.2, 0.25) is 0 Å². The van der Waals surface area contributed by atoms with Crippen LogP contribution in [0.15, 0.2) is 47.6 Å². The Morgan fingerprint density at radius 2 is 1.80 bits per heavy atom. The van der Waals surface area contributed by atoms with Gasteiger partial charge in [0.25, 0.3) is 5.91 Å². The molecular weight excluding hydrogens is 453 g/mol. The van der Waals surface area contributed by atoms with E-state index in [-0.39, 0.29) is 24.3 Å². The second-order valence-electron chi connectivity index (χ2n) is 9.01. The molecule has 1 amide bonds. The molecule has 0 radical (unpaired) electrons. The Morgan fingerprint density at radius 3 is 2.46 bits per heavy atom. The van der Waals surface area contributed by atoms with Gasteiger partial charge in [-0.15, -0.1) is 0 Å². The Kier molecular flexibility index (Phi) is 6.73. The Morgan fingerprint density at radius 1 is 1.09 bits per heavy atom. The maximum absolute atomic E-state index is 13.6. The summed E-state index contributed by atoms with van der Waals surface area (Å²) < 4.78 is 36.1. The third-order valence-corrected chi connectivity index (χ3v) is 6.93. The molecule has 3 aliphatic heterocycles. The van der Waals surface area contributed by atoms with E-state index in [1.807, 2.05) is 12.1 Å². The number of hydrogen-bond acceptors (Lipinski definition) is 7. The SMILES string of the molecule is COc1ccc(C2=NN(C(=O)CN3CCC4(CC3)OCCO4)C(c3ccc(F)cc3)C2)c(OC)c1. The van der Waals surface area contributed by atoms with E-state index in [0.717, 1.165) is 29.7 Å². The Hall–Kier alpha value is -3.01. The van der Waals surface area contributed by atoms with Gasteiger partial charge in [-0.05, 0) is 29.8 Å². The van der Waals surface area contributed by atoms with E-state index in [1.165, 1.54) is 12.1 Å². The van der Waals surface area contributed by atoms with Crippen molar-refractivity contribution in [1.82, 2.24) is 9.91 Å². The van der Waals surface area contributed by atoms with Crippen molar-refractivity contribution in [1.29, 1.82) is 0 Å². The van der Waals surface area contributed by atoms with Gasteiger partial charge >= 0.3 is 0 Å². The molecular formula is C26H30FN3O5. The number of ether oxygens (including phenoxy) is 4. The lowest BCUT2D eigenvalue weighted by Gasteiger charge is -2.37. The van der Waals surface area contributed by atoms with Crippen LogP contribution in [0.3, 0.4) is 0 Å². The number of halogens is 1. The quantitative estimate of drug-likeness (QED) is 0.628. The molecule has 35 heavy (non-hydrogen) atoms. The molecule has 1 atom stereocenters. The summed E-state index contributed by atoms with van der Waals surface area (Å²) >= 11 is 0. The van der Waals surface area contributed by atoms with Gasteiger partial charge in [0, 0.05) is 44.0 Å². The van der Waals surface area contributed by atoms with Crippen LogP contribution in [-0.4, -0.2) is 74.4 Å². The van der Waals surface area contributed by atoms with Crippen molar-refractivity contribution in [2.45, 2.75) is 31.1 Å². The highest BCUT2D eigenvalue weighted by molar-refractivity contribution is 6.05. The number of likely N-dealkylation sites (tertiary alicyclic amines) is 1. The number of carbonyl (C=O) groups is 1. The number of piperidine rings is 1. The summed E-state index contributed by atoms with van der Waals surface area (Å²) in [6.07, 6.45) is 1.96. The molecule has 3 heterocycles. The predicted octanol–water partition coefficient (Wildman–Crippen LogP) is 3.36. The van der Waals surface area contributed by atoms with Crippen LogP contribution < -0.4 is 9.47 Å². The molecule has 1 unspecified atom stereocenters. The highest BCUT2D eigenvalue weighted by Gasteiger charge is 2.41. The van der Waals surface area contributed by atoms with Crippen molar-refractivity contribution in [3.05, 3.63) is 59.4 Å². The van der Waals surface area contributed by atoms with Gasteiger partial charge in [0.1, 0.15) is 17.3 Å². The van der Waals surface area contributed by atoms with E-state index < -0.39 is 5.79 Å². The molecule has 0 aromatic heterocycles. The first-order valence-electron chi connectivity index (χ1n) is 11.9. The van der Waals surface area contributed by atoms with E-state index in [2.05, 4.69) is 4.90 Å². The lowest BCUT2D eigenvalue weighted by Crippen LogP contribution is -2.48. The first-order valence-corrected chi connectivity index (χ1v) is 11.9. The van der Waals surface area contributed by atoms with Gasteiger partial charge in [0.15, 0.2) is 5.79 Å². The Balaban J connectivity index is 1.37. The molecule has 0 saturated carbocycles. The van der Waals surface area contributed by atoms with Gasteiger partial charge in [-0.1, -0.05) is 12.1 Å². The van der Waals surface area contributed by atoms with Crippen molar-refractivity contribution < 1.29 is 28.1 Å². The zero-order chi connectivity index (χ0) is 24.4. The van der Waals surface area contributed by atoms with Crippen molar-refractivity contribution >= 4 is 11.6 Å². The minimum absolute atomic E-state index is 0.106. The van der Waals surface area contributed by atoms with Gasteiger partial charge < -0.3 is 18.9 Å². The number of hydrazone groups is 1. The van der Waals surface area contributed by atoms with Crippen molar-refractivity contribution in [2.24, 2.45) is 5.10 Å². The molecule has 0 aliphatic carbocycles. The molecule has 2 aromatic rings. The normalized spacial score (nSPS) is 21.9. The third-order valence-electron chi connectivity index (χ3n) is 6.93. The summed E-state index contributed by atoms with van der Waals surface area (Å²) in [6, 6.07) is 11.4. The average Bonchev–Trinajstić information content (AvgIpc) is 3.53. The van der Waals surface area contributed by atoms with Gasteiger partial charge in [0.2, 0.25) is 0 Å². The number of rotatable bonds is 6. The molecule has 9 heteroatoms. The second kappa shape index (κ2) is 9.93. The van der Waals surface area contributed by atoms with Crippen LogP contribution in [0, 0.1) is 5.82 Å². The van der Waals surface area contributed by atoms with E-state index in [1.54, 1.807) is 37.4 Å². The minimum atomic E-state index is -0.486. The highest BCUT2D eigenvalue weighted by atomic mass is 19.1. The summed E-state index contributed by atoms with van der Waals surface area (Å²) in [5.74, 6) is 0.380. The van der Waals surface area contributed by atoms with Gasteiger partial charge in [-0.2, -0.15) is 5.10 Å². The maximum atomic E-state index is 13.6. The summed E-state index contributed by atoms with van der Waals surface area (Å²) in [5.41, 5.74) is 2.36. The zero-order valence-electron chi connectivity index (χ0n) is 20.0. The third kappa shape index (κ3) is 4.89. The number of carbonyl (C=O) groups excluding carboxylic acids is 1. The molecule has 2 aromatic carbocycles. The van der Waals surface area contributed by atoms with Crippen LogP contribution in [0.4, 0.5) is 4.39 Å². The number of amides is 1. The molecule has 2 saturated heterocycles. The lowest BCUT2D eigenvalue weighted by atomic mass is 9.97. The predicted molar refractivity (Wildman–Crippen MR) is 127 cm³/mol. The number of benzene rings is 2. The molecule has 0 bridgehead atoms. The van der Waals surface area contributed by atoms with Crippen molar-refractivity contribution in [2.75, 3.05) is 47.1 Å². The van der Waals surface area contributed by atoms with Crippen LogP contribution in [0.25, 0.3) is 0 Å². The molecule has 0 N–H and O–H groups in total. The fourth-order valence-corrected chi connectivity index (χ4v) is 4.99. The number of nitrogens with zero attached hydrogens (tertiary/aromatic N) is 3. The summed E-state index contributed by atoms with van der Waals surface area (Å²) in [5, 5.41) is 6.29. The molecule has 186 valence electrons. The smallest absolute Gasteiger partial charge is 0.257 e. The summed E-state index contributed by atoms with van der Waals surface area (Å²) in [7, 11) is 3.19. The van der Waals surface area contributed by atoms with Crippen LogP contribution in [-0.2, 0) is 14.3 Å². The van der Waals surface area contributed by atoms with E-state index in [0.29, 0.717) is 44.2 Å². The summed E-state index contributed by atoms with van der Waals surface area (Å²) in [6.45, 7) is 2.91. The topological polar surface area (TPSA) is 72.8 Å². The second-order valence-corrected chi connectivity index (χ2v) is 9.01. The van der Waals surface area contributed by atoms with E-state index in [9.17, 15) is 9.18 Å². The highest BCUT2D eigenvalue weighted by Crippen LogP contribution is 2.37. The number of hydrogen-bond donors (Lipinski definition) is 0. The van der Waals surface area contributed by atoms with Crippen LogP contribution in [0.1, 0.15) is 36.4 Å². The molecule has 2 fully saturated rings. The Labute approximate surface area is 204 Å². The van der Waals surface area contributed by atoms with Crippen LogP contribution in [0.5, 0.6) is 11.5 Å². The minimum Gasteiger partial charge on any atom is -0.497 e. The monoisotopic (exact) mass is 483 g/mol. The number of methoxy groups -OCH3 is 2.